The molecule has 2 heterocycles. The summed E-state index contributed by atoms with van der Waals surface area (Å²) in [7, 11) is 0. The van der Waals surface area contributed by atoms with E-state index in [2.05, 4.69) is 30.8 Å². The van der Waals surface area contributed by atoms with Crippen LogP contribution in [0.3, 0.4) is 0 Å². The first-order chi connectivity index (χ1) is 16.2. The van der Waals surface area contributed by atoms with E-state index in [-0.39, 0.29) is 11.5 Å². The van der Waals surface area contributed by atoms with Gasteiger partial charge in [-0.05, 0) is 23.3 Å². The van der Waals surface area contributed by atoms with E-state index in [1.54, 1.807) is 0 Å². The van der Waals surface area contributed by atoms with E-state index in [9.17, 15) is 10.2 Å². The average Bonchev–Trinajstić information content (AvgIpc) is 3.51. The van der Waals surface area contributed by atoms with Crippen molar-refractivity contribution in [1.82, 2.24) is 30.8 Å². The van der Waals surface area contributed by atoms with Gasteiger partial charge in [0.25, 0.3) is 0 Å². The molecule has 0 aliphatic heterocycles. The van der Waals surface area contributed by atoms with Gasteiger partial charge in [0.05, 0.1) is 0 Å². The molecule has 0 fully saturated rings. The second-order valence-corrected chi connectivity index (χ2v) is 7.80. The minimum absolute atomic E-state index is 0.149. The molecule has 6 aromatic rings. The zero-order valence-electron chi connectivity index (χ0n) is 17.3. The molecular formula is C25H18N6O2. The number of nitrogens with zero attached hydrogens (tertiary/aromatic N) is 4. The minimum atomic E-state index is 0.149. The number of aromatic hydroxyl groups is 2. The lowest BCUT2D eigenvalue weighted by molar-refractivity contribution is 0.465. The van der Waals surface area contributed by atoms with Gasteiger partial charge in [0, 0.05) is 28.7 Å². The van der Waals surface area contributed by atoms with Crippen molar-refractivity contribution in [3.05, 3.63) is 83.9 Å². The molecule has 4 aromatic carbocycles. The van der Waals surface area contributed by atoms with Gasteiger partial charge in [0.15, 0.2) is 0 Å². The normalized spacial score (nSPS) is 11.4. The summed E-state index contributed by atoms with van der Waals surface area (Å²) in [6, 6.07) is 22.5. The van der Waals surface area contributed by atoms with Crippen LogP contribution < -0.4 is 0 Å². The topological polar surface area (TPSA) is 124 Å². The predicted octanol–water partition coefficient (Wildman–Crippen LogP) is 4.57. The molecule has 0 aliphatic carbocycles. The minimum Gasteiger partial charge on any atom is -0.507 e. The third-order valence-corrected chi connectivity index (χ3v) is 5.89. The highest BCUT2D eigenvalue weighted by molar-refractivity contribution is 5.94. The van der Waals surface area contributed by atoms with Gasteiger partial charge >= 0.3 is 0 Å². The van der Waals surface area contributed by atoms with Crippen LogP contribution in [-0.4, -0.2) is 41.0 Å². The van der Waals surface area contributed by atoms with Crippen molar-refractivity contribution in [3.8, 4) is 33.8 Å². The third-order valence-electron chi connectivity index (χ3n) is 5.89. The fourth-order valence-corrected chi connectivity index (χ4v) is 4.28. The Kier molecular flexibility index (Phi) is 4.29. The van der Waals surface area contributed by atoms with Gasteiger partial charge in [-0.2, -0.15) is 30.8 Å². The van der Waals surface area contributed by atoms with Crippen LogP contribution in [0.15, 0.2) is 72.8 Å². The molecule has 0 radical (unpaired) electrons. The summed E-state index contributed by atoms with van der Waals surface area (Å²) >= 11 is 0. The lowest BCUT2D eigenvalue weighted by Crippen LogP contribution is -1.94. The molecule has 160 valence electrons. The van der Waals surface area contributed by atoms with Crippen molar-refractivity contribution in [2.24, 2.45) is 0 Å². The van der Waals surface area contributed by atoms with Crippen LogP contribution in [-0.2, 0) is 6.42 Å². The average molecular weight is 434 g/mol. The summed E-state index contributed by atoms with van der Waals surface area (Å²) in [6.07, 6.45) is 0.350. The number of para-hydroxylation sites is 4. The van der Waals surface area contributed by atoms with Gasteiger partial charge < -0.3 is 10.2 Å². The second-order valence-electron chi connectivity index (χ2n) is 7.80. The highest BCUT2D eigenvalue weighted by Gasteiger charge is 2.17. The van der Waals surface area contributed by atoms with Gasteiger partial charge in [-0.15, -0.1) is 0 Å². The van der Waals surface area contributed by atoms with Crippen molar-refractivity contribution < 1.29 is 10.2 Å². The summed E-state index contributed by atoms with van der Waals surface area (Å²) in [4.78, 5) is 0. The van der Waals surface area contributed by atoms with E-state index in [0.29, 0.717) is 39.7 Å². The van der Waals surface area contributed by atoms with E-state index < -0.39 is 0 Å². The van der Waals surface area contributed by atoms with Crippen molar-refractivity contribution in [1.29, 1.82) is 0 Å². The summed E-state index contributed by atoms with van der Waals surface area (Å²) < 4.78 is 0. The summed E-state index contributed by atoms with van der Waals surface area (Å²) in [5.41, 5.74) is 7.12. The number of aromatic amines is 2. The Morgan fingerprint density at radius 2 is 0.939 bits per heavy atom. The Bertz CT molecular complexity index is 1510. The van der Waals surface area contributed by atoms with Gasteiger partial charge in [0.1, 0.15) is 33.6 Å². The van der Waals surface area contributed by atoms with E-state index in [0.717, 1.165) is 22.2 Å². The molecule has 33 heavy (non-hydrogen) atoms. The van der Waals surface area contributed by atoms with Crippen LogP contribution in [0.1, 0.15) is 11.1 Å². The molecule has 0 atom stereocenters. The maximum Gasteiger partial charge on any atom is 0.127 e. The van der Waals surface area contributed by atoms with Crippen LogP contribution in [0.5, 0.6) is 11.5 Å². The van der Waals surface area contributed by atoms with Crippen molar-refractivity contribution in [2.45, 2.75) is 6.42 Å². The third kappa shape index (κ3) is 3.08. The van der Waals surface area contributed by atoms with Crippen molar-refractivity contribution >= 4 is 22.1 Å². The number of rotatable bonds is 4. The molecule has 0 unspecified atom stereocenters. The lowest BCUT2D eigenvalue weighted by atomic mass is 9.94. The Hall–Kier alpha value is -4.72. The molecule has 0 saturated heterocycles. The molecule has 0 amide bonds. The first-order valence-corrected chi connectivity index (χ1v) is 10.4. The Morgan fingerprint density at radius 3 is 1.42 bits per heavy atom. The number of aromatic nitrogens is 6. The zero-order valence-corrected chi connectivity index (χ0v) is 17.3. The maximum atomic E-state index is 11.1. The first kappa shape index (κ1) is 19.0. The second kappa shape index (κ2) is 7.45. The Labute approximate surface area is 187 Å². The lowest BCUT2D eigenvalue weighted by Gasteiger charge is -2.13. The van der Waals surface area contributed by atoms with E-state index in [1.807, 2.05) is 72.8 Å². The largest absolute Gasteiger partial charge is 0.507 e. The number of benzene rings is 4. The van der Waals surface area contributed by atoms with E-state index >= 15 is 0 Å². The van der Waals surface area contributed by atoms with Gasteiger partial charge in [-0.25, -0.2) is 0 Å². The van der Waals surface area contributed by atoms with Crippen LogP contribution in [0.25, 0.3) is 44.3 Å². The van der Waals surface area contributed by atoms with E-state index in [4.69, 9.17) is 0 Å². The Morgan fingerprint density at radius 1 is 0.515 bits per heavy atom. The fraction of sp³-hybridized carbons (Fsp3) is 0.0400. The first-order valence-electron chi connectivity index (χ1n) is 10.4. The molecule has 2 aromatic heterocycles. The highest BCUT2D eigenvalue weighted by Crippen LogP contribution is 2.39. The molecule has 0 bridgehead atoms. The number of phenols is 2. The molecule has 0 spiro atoms. The smallest absolute Gasteiger partial charge is 0.127 e. The number of fused-ring (bicyclic) bond motifs is 2. The predicted molar refractivity (Wildman–Crippen MR) is 125 cm³/mol. The van der Waals surface area contributed by atoms with Gasteiger partial charge in [-0.1, -0.05) is 60.7 Å². The number of phenolic OH excluding ortho intramolecular Hbond substituents is 2. The standard InChI is InChI=1S/C25H18N6O2/c32-24-14(5-1-9-18(24)16-7-3-11-20-22(16)28-30-26-20)13-15-6-2-10-19(25(15)33)17-8-4-12-21-23(17)29-31-27-21/h1-12,32-33H,13H2,(H,26,28,30)(H,27,29,31). The quantitative estimate of drug-likeness (QED) is 0.322. The van der Waals surface area contributed by atoms with Gasteiger partial charge in [0.2, 0.25) is 0 Å². The maximum absolute atomic E-state index is 11.1. The number of H-pyrrole nitrogens is 2. The molecular weight excluding hydrogens is 416 g/mol. The monoisotopic (exact) mass is 434 g/mol. The Balaban J connectivity index is 1.43. The van der Waals surface area contributed by atoms with Crippen LogP contribution in [0.4, 0.5) is 0 Å². The molecule has 6 rings (SSSR count). The molecule has 4 N–H and O–H groups in total. The SMILES string of the molecule is Oc1c(Cc2cccc(-c3cccc4n[nH]nc34)c2O)cccc1-c1cccc2n[nH]nc12. The number of nitrogens with one attached hydrogen (secondary N) is 2. The van der Waals surface area contributed by atoms with Crippen molar-refractivity contribution in [3.63, 3.8) is 0 Å². The number of hydrogen-bond acceptors (Lipinski definition) is 6. The van der Waals surface area contributed by atoms with E-state index in [1.165, 1.54) is 0 Å². The van der Waals surface area contributed by atoms with Crippen LogP contribution in [0, 0.1) is 0 Å². The van der Waals surface area contributed by atoms with Crippen LogP contribution in [0.2, 0.25) is 0 Å². The summed E-state index contributed by atoms with van der Waals surface area (Å²) in [6.45, 7) is 0. The summed E-state index contributed by atoms with van der Waals surface area (Å²) in [5, 5.41) is 44.2. The summed E-state index contributed by atoms with van der Waals surface area (Å²) in [5.74, 6) is 0.299. The molecule has 8 heteroatoms. The zero-order chi connectivity index (χ0) is 22.4. The van der Waals surface area contributed by atoms with Gasteiger partial charge in [-0.3, -0.25) is 0 Å². The van der Waals surface area contributed by atoms with Crippen LogP contribution >= 0.6 is 0 Å². The molecule has 8 nitrogen and oxygen atoms in total. The molecule has 0 aliphatic rings. The highest BCUT2D eigenvalue weighted by atomic mass is 16.3. The molecule has 0 saturated carbocycles. The number of hydrogen-bond donors (Lipinski definition) is 4. The fourth-order valence-electron chi connectivity index (χ4n) is 4.28. The van der Waals surface area contributed by atoms with Crippen molar-refractivity contribution in [2.75, 3.05) is 0 Å².